The molecule has 3 aliphatic heterocycles. The summed E-state index contributed by atoms with van der Waals surface area (Å²) in [5.74, 6) is -9.31. The maximum Gasteiger partial charge on any atom is 0.325 e. The Kier molecular flexibility index (Phi) is 20.2. The predicted molar refractivity (Wildman–Crippen MR) is 210 cm³/mol. The van der Waals surface area contributed by atoms with E-state index in [1.807, 2.05) is 0 Å². The molecule has 27 heteroatoms. The fourth-order valence-electron chi connectivity index (χ4n) is 6.93. The molecule has 362 valence electrons. The Balaban J connectivity index is 1.79. The lowest BCUT2D eigenvalue weighted by atomic mass is 9.95. The standard InChI is InChI=1S/C37H59N7O20/c1-13(30(52)43-20(9-10-23(48)49)33(55)44-19(8-6-7-18(38)35(58)59)32(54)40-14(2)34(56)57)39-31(53)15(3)61-29-25(42-17(5)47)36-60-12-22(63-36)28(29)64-37-24(41-16(4)46)27(51)26(50)21(11-45)62-37/h13-15,18-22,24-29,36-37,45,50-51H,6-12,38H2,1-5H3,(H,39,53)(H,40,54)(H,41,46)(H,42,47)(H,43,52)(H,44,55)(H,48,49)(H,56,57)(H,58,59)/t13-,14+,15?,18+,19-,20-,21+,22+,24+,25+,26+,27+,28+,29+,36+,37-/m0/s1. The number of carboxylic acid groups (broad SMARTS) is 3. The summed E-state index contributed by atoms with van der Waals surface area (Å²) in [5, 5.41) is 73.2. The maximum atomic E-state index is 13.6. The monoisotopic (exact) mass is 921 g/mol. The van der Waals surface area contributed by atoms with Crippen molar-refractivity contribution in [3.8, 4) is 0 Å². The van der Waals surface area contributed by atoms with Crippen molar-refractivity contribution in [2.45, 2.75) is 164 Å². The molecule has 6 amide bonds. The maximum absolute atomic E-state index is 13.6. The van der Waals surface area contributed by atoms with Gasteiger partial charge in [-0.2, -0.15) is 0 Å². The van der Waals surface area contributed by atoms with Gasteiger partial charge in [0.25, 0.3) is 0 Å². The van der Waals surface area contributed by atoms with Crippen LogP contribution in [0.1, 0.15) is 66.7 Å². The van der Waals surface area contributed by atoms with Crippen LogP contribution in [-0.2, 0) is 66.8 Å². The molecule has 0 aromatic heterocycles. The van der Waals surface area contributed by atoms with E-state index in [0.717, 1.165) is 13.8 Å². The third kappa shape index (κ3) is 15.0. The molecule has 3 rings (SSSR count). The second-order valence-corrected chi connectivity index (χ2v) is 15.6. The highest BCUT2D eigenvalue weighted by Crippen LogP contribution is 2.35. The van der Waals surface area contributed by atoms with Crippen LogP contribution in [0.3, 0.4) is 0 Å². The lowest BCUT2D eigenvalue weighted by Gasteiger charge is -2.47. The molecule has 27 nitrogen and oxygen atoms in total. The molecule has 3 aliphatic rings. The van der Waals surface area contributed by atoms with Gasteiger partial charge in [0.1, 0.15) is 85.0 Å². The number of aliphatic carboxylic acids is 3. The molecule has 0 spiro atoms. The van der Waals surface area contributed by atoms with Crippen LogP contribution in [0.15, 0.2) is 0 Å². The topological polar surface area (TPSA) is 419 Å². The number of ether oxygens (including phenoxy) is 5. The van der Waals surface area contributed by atoms with Gasteiger partial charge in [-0.15, -0.1) is 0 Å². The van der Waals surface area contributed by atoms with Gasteiger partial charge < -0.3 is 92.0 Å². The van der Waals surface area contributed by atoms with E-state index in [4.69, 9.17) is 34.5 Å². The van der Waals surface area contributed by atoms with Crippen molar-refractivity contribution < 1.29 is 97.5 Å². The Bertz CT molecular complexity index is 1710. The largest absolute Gasteiger partial charge is 0.481 e. The van der Waals surface area contributed by atoms with Crippen LogP contribution in [-0.4, -0.2) is 195 Å². The van der Waals surface area contributed by atoms with Crippen LogP contribution in [0.2, 0.25) is 0 Å². The number of nitrogens with two attached hydrogens (primary N) is 1. The number of rotatable bonds is 24. The summed E-state index contributed by atoms with van der Waals surface area (Å²) in [6.45, 7) is 5.07. The predicted octanol–water partition coefficient (Wildman–Crippen LogP) is -6.14. The van der Waals surface area contributed by atoms with Crippen molar-refractivity contribution >= 4 is 53.4 Å². The summed E-state index contributed by atoms with van der Waals surface area (Å²) in [4.78, 5) is 112. The average Bonchev–Trinajstić information content (AvgIpc) is 3.66. The number of aliphatic hydroxyl groups is 3. The average molecular weight is 922 g/mol. The molecule has 3 heterocycles. The van der Waals surface area contributed by atoms with E-state index in [2.05, 4.69) is 31.9 Å². The zero-order valence-corrected chi connectivity index (χ0v) is 35.7. The summed E-state index contributed by atoms with van der Waals surface area (Å²) in [6.07, 6.45) is -14.0. The van der Waals surface area contributed by atoms with Crippen LogP contribution in [0, 0.1) is 0 Å². The molecule has 3 saturated heterocycles. The van der Waals surface area contributed by atoms with E-state index < -0.39 is 170 Å². The third-order valence-corrected chi connectivity index (χ3v) is 10.4. The second-order valence-electron chi connectivity index (χ2n) is 15.6. The van der Waals surface area contributed by atoms with Gasteiger partial charge in [0.05, 0.1) is 13.2 Å². The Labute approximate surface area is 365 Å². The molecule has 0 radical (unpaired) electrons. The Morgan fingerprint density at radius 3 is 1.86 bits per heavy atom. The highest BCUT2D eigenvalue weighted by molar-refractivity contribution is 5.95. The Hall–Kier alpha value is -5.13. The molecular formula is C37H59N7O20. The van der Waals surface area contributed by atoms with Crippen LogP contribution < -0.4 is 37.6 Å². The minimum absolute atomic E-state index is 0.0349. The highest BCUT2D eigenvalue weighted by Gasteiger charge is 2.56. The van der Waals surface area contributed by atoms with E-state index in [0.29, 0.717) is 0 Å². The summed E-state index contributed by atoms with van der Waals surface area (Å²) in [5.41, 5.74) is 5.54. The van der Waals surface area contributed by atoms with Gasteiger partial charge in [-0.1, -0.05) is 0 Å². The first-order valence-electron chi connectivity index (χ1n) is 20.3. The van der Waals surface area contributed by atoms with Gasteiger partial charge in [-0.25, -0.2) is 0 Å². The zero-order valence-electron chi connectivity index (χ0n) is 35.7. The van der Waals surface area contributed by atoms with E-state index in [9.17, 15) is 68.7 Å². The number of carbonyl (C=O) groups excluding carboxylic acids is 6. The molecule has 14 N–H and O–H groups in total. The van der Waals surface area contributed by atoms with Gasteiger partial charge >= 0.3 is 17.9 Å². The van der Waals surface area contributed by atoms with Crippen LogP contribution >= 0.6 is 0 Å². The van der Waals surface area contributed by atoms with Gasteiger partial charge in [-0.05, 0) is 46.5 Å². The fraction of sp³-hybridized carbons (Fsp3) is 0.757. The minimum Gasteiger partial charge on any atom is -0.481 e. The van der Waals surface area contributed by atoms with E-state index in [-0.39, 0.29) is 25.9 Å². The summed E-state index contributed by atoms with van der Waals surface area (Å²) in [6, 6.07) is -9.85. The molecule has 1 unspecified atom stereocenters. The number of amides is 6. The number of fused-ring (bicyclic) bond motifs is 2. The number of hydrogen-bond acceptors (Lipinski definition) is 18. The van der Waals surface area contributed by atoms with Gasteiger partial charge in [0, 0.05) is 20.3 Å². The van der Waals surface area contributed by atoms with Crippen LogP contribution in [0.25, 0.3) is 0 Å². The molecule has 0 aromatic rings. The number of nitrogens with one attached hydrogen (secondary N) is 6. The summed E-state index contributed by atoms with van der Waals surface area (Å²) < 4.78 is 29.7. The van der Waals surface area contributed by atoms with Gasteiger partial charge in [0.15, 0.2) is 12.6 Å². The first-order chi connectivity index (χ1) is 29.9. The summed E-state index contributed by atoms with van der Waals surface area (Å²) >= 11 is 0. The first-order valence-corrected chi connectivity index (χ1v) is 20.3. The van der Waals surface area contributed by atoms with Crippen molar-refractivity contribution in [2.75, 3.05) is 13.2 Å². The molecule has 2 bridgehead atoms. The quantitative estimate of drug-likeness (QED) is 0.0428. The van der Waals surface area contributed by atoms with Gasteiger partial charge in [-0.3, -0.25) is 43.2 Å². The molecule has 3 fully saturated rings. The Morgan fingerprint density at radius 2 is 1.28 bits per heavy atom. The van der Waals surface area contributed by atoms with Crippen molar-refractivity contribution in [2.24, 2.45) is 5.73 Å². The normalized spacial score (nSPS) is 29.0. The van der Waals surface area contributed by atoms with Crippen molar-refractivity contribution in [3.63, 3.8) is 0 Å². The number of carboxylic acids is 3. The number of aliphatic hydroxyl groups excluding tert-OH is 3. The molecule has 16 atom stereocenters. The minimum atomic E-state index is -1.70. The first kappa shape index (κ1) is 53.2. The zero-order chi connectivity index (χ0) is 48.2. The SMILES string of the molecule is CC(=O)N[C@H]1[C@H](O[C@H]2[C@H](OC(C)C(=O)N[C@@H](C)C(=O)N[C@@H](CCC(=O)O)C(=O)N[C@@H](CCC[C@@H](N)C(=O)O)C(=O)N[C@H](C)C(=O)O)[C@@H](NC(C)=O)[C@@H]3OC[C@H]2O3)O[C@H](CO)[C@@H](O)[C@@H]1O. The lowest BCUT2D eigenvalue weighted by molar-refractivity contribution is -0.313. The molecule has 64 heavy (non-hydrogen) atoms. The van der Waals surface area contributed by atoms with E-state index >= 15 is 0 Å². The molecular weight excluding hydrogens is 862 g/mol. The van der Waals surface area contributed by atoms with Crippen molar-refractivity contribution in [3.05, 3.63) is 0 Å². The second kappa shape index (κ2) is 24.2. The Morgan fingerprint density at radius 1 is 0.703 bits per heavy atom. The van der Waals surface area contributed by atoms with E-state index in [1.165, 1.54) is 20.8 Å². The van der Waals surface area contributed by atoms with E-state index in [1.54, 1.807) is 0 Å². The van der Waals surface area contributed by atoms with Crippen LogP contribution in [0.5, 0.6) is 0 Å². The van der Waals surface area contributed by atoms with Gasteiger partial charge in [0.2, 0.25) is 35.4 Å². The molecule has 0 saturated carbocycles. The molecule has 0 aliphatic carbocycles. The number of hydrogen-bond donors (Lipinski definition) is 13. The number of carbonyl (C=O) groups is 9. The van der Waals surface area contributed by atoms with Crippen molar-refractivity contribution in [1.82, 2.24) is 31.9 Å². The van der Waals surface area contributed by atoms with Crippen molar-refractivity contribution in [1.29, 1.82) is 0 Å². The van der Waals surface area contributed by atoms with Crippen LogP contribution in [0.4, 0.5) is 0 Å². The highest BCUT2D eigenvalue weighted by atomic mass is 16.8. The summed E-state index contributed by atoms with van der Waals surface area (Å²) in [7, 11) is 0. The third-order valence-electron chi connectivity index (χ3n) is 10.4. The fourth-order valence-corrected chi connectivity index (χ4v) is 6.93. The molecule has 0 aromatic carbocycles. The smallest absolute Gasteiger partial charge is 0.325 e. The lowest BCUT2D eigenvalue weighted by Crippen LogP contribution is -2.68.